The molecule has 2 amide bonds. The first kappa shape index (κ1) is 22.0. The van der Waals surface area contributed by atoms with Crippen LogP contribution in [0.3, 0.4) is 0 Å². The van der Waals surface area contributed by atoms with Crippen LogP contribution in [0.15, 0.2) is 53.4 Å². The molecule has 0 radical (unpaired) electrons. The van der Waals surface area contributed by atoms with Crippen LogP contribution < -0.4 is 5.32 Å². The normalized spacial score (nSPS) is 11.7. The highest BCUT2D eigenvalue weighted by Crippen LogP contribution is 2.21. The second kappa shape index (κ2) is 10.9. The molecule has 2 aromatic carbocycles. The van der Waals surface area contributed by atoms with Gasteiger partial charge in [-0.15, -0.1) is 11.8 Å². The van der Waals surface area contributed by atoms with E-state index in [-0.39, 0.29) is 11.8 Å². The Hall–Kier alpha value is -2.27. The van der Waals surface area contributed by atoms with Crippen molar-refractivity contribution in [2.75, 3.05) is 12.3 Å². The summed E-state index contributed by atoms with van der Waals surface area (Å²) in [6.07, 6.45) is 0.869. The number of carbonyl (C=O) groups excluding carboxylic acids is 2. The van der Waals surface area contributed by atoms with Crippen LogP contribution in [-0.2, 0) is 16.1 Å². The van der Waals surface area contributed by atoms with E-state index in [9.17, 15) is 9.59 Å². The van der Waals surface area contributed by atoms with Crippen LogP contribution in [0, 0.1) is 13.8 Å². The van der Waals surface area contributed by atoms with E-state index in [0.717, 1.165) is 22.4 Å². The summed E-state index contributed by atoms with van der Waals surface area (Å²) < 4.78 is 0. The molecule has 150 valence electrons. The molecule has 0 saturated heterocycles. The monoisotopic (exact) mass is 398 g/mol. The molecule has 0 aliphatic heterocycles. The topological polar surface area (TPSA) is 49.4 Å². The Morgan fingerprint density at radius 1 is 1.07 bits per heavy atom. The summed E-state index contributed by atoms with van der Waals surface area (Å²) >= 11 is 1.50. The molecule has 5 heteroatoms. The molecule has 0 aromatic heterocycles. The summed E-state index contributed by atoms with van der Waals surface area (Å²) in [6, 6.07) is 15.6. The molecule has 1 N–H and O–H groups in total. The number of hydrogen-bond acceptors (Lipinski definition) is 3. The van der Waals surface area contributed by atoms with E-state index in [0.29, 0.717) is 18.8 Å². The molecule has 2 rings (SSSR count). The van der Waals surface area contributed by atoms with Crippen molar-refractivity contribution in [3.63, 3.8) is 0 Å². The van der Waals surface area contributed by atoms with E-state index in [1.165, 1.54) is 17.3 Å². The van der Waals surface area contributed by atoms with Crippen LogP contribution in [0.2, 0.25) is 0 Å². The Balaban J connectivity index is 2.13. The zero-order chi connectivity index (χ0) is 20.5. The van der Waals surface area contributed by atoms with Crippen LogP contribution >= 0.6 is 11.8 Å². The highest BCUT2D eigenvalue weighted by molar-refractivity contribution is 8.00. The Labute approximate surface area is 172 Å². The SMILES string of the molecule is CCCNC(=O)C(C)N(Cc1ccccc1C)C(=O)CSc1ccc(C)cc1. The Bertz CT molecular complexity index is 789. The Morgan fingerprint density at radius 3 is 2.39 bits per heavy atom. The lowest BCUT2D eigenvalue weighted by molar-refractivity contribution is -0.138. The van der Waals surface area contributed by atoms with Crippen LogP contribution in [0.1, 0.15) is 37.0 Å². The first-order valence-corrected chi connectivity index (χ1v) is 10.7. The minimum Gasteiger partial charge on any atom is -0.354 e. The van der Waals surface area contributed by atoms with Gasteiger partial charge in [0.25, 0.3) is 0 Å². The quantitative estimate of drug-likeness (QED) is 0.639. The predicted molar refractivity (Wildman–Crippen MR) is 116 cm³/mol. The molecule has 2 aromatic rings. The molecular formula is C23H30N2O2S. The number of amides is 2. The molecule has 4 nitrogen and oxygen atoms in total. The van der Waals surface area contributed by atoms with Crippen molar-refractivity contribution in [1.29, 1.82) is 0 Å². The second-order valence-electron chi connectivity index (χ2n) is 7.02. The minimum atomic E-state index is -0.516. The van der Waals surface area contributed by atoms with Crippen molar-refractivity contribution < 1.29 is 9.59 Å². The van der Waals surface area contributed by atoms with Crippen LogP contribution in [0.5, 0.6) is 0 Å². The average Bonchev–Trinajstić information content (AvgIpc) is 2.70. The van der Waals surface area contributed by atoms with E-state index < -0.39 is 6.04 Å². The van der Waals surface area contributed by atoms with Gasteiger partial charge in [0.2, 0.25) is 11.8 Å². The van der Waals surface area contributed by atoms with Gasteiger partial charge in [-0.25, -0.2) is 0 Å². The number of nitrogens with zero attached hydrogens (tertiary/aromatic N) is 1. The van der Waals surface area contributed by atoms with Gasteiger partial charge in [0, 0.05) is 18.0 Å². The van der Waals surface area contributed by atoms with Crippen molar-refractivity contribution in [3.05, 3.63) is 65.2 Å². The van der Waals surface area contributed by atoms with Crippen LogP contribution in [-0.4, -0.2) is 35.1 Å². The lowest BCUT2D eigenvalue weighted by Gasteiger charge is -2.29. The van der Waals surface area contributed by atoms with Crippen LogP contribution in [0.4, 0.5) is 0 Å². The van der Waals surface area contributed by atoms with Gasteiger partial charge in [0.05, 0.1) is 5.75 Å². The predicted octanol–water partition coefficient (Wildman–Crippen LogP) is 4.34. The summed E-state index contributed by atoms with van der Waals surface area (Å²) in [5.74, 6) is 0.164. The molecule has 1 atom stereocenters. The third-order valence-electron chi connectivity index (χ3n) is 4.70. The molecule has 0 spiro atoms. The summed E-state index contributed by atoms with van der Waals surface area (Å²) in [4.78, 5) is 28.3. The van der Waals surface area contributed by atoms with Crippen molar-refractivity contribution in [2.24, 2.45) is 0 Å². The fourth-order valence-electron chi connectivity index (χ4n) is 2.81. The van der Waals surface area contributed by atoms with Gasteiger partial charge < -0.3 is 10.2 Å². The molecule has 28 heavy (non-hydrogen) atoms. The first-order valence-electron chi connectivity index (χ1n) is 9.73. The third-order valence-corrected chi connectivity index (χ3v) is 5.70. The van der Waals surface area contributed by atoms with Gasteiger partial charge in [-0.1, -0.05) is 48.9 Å². The zero-order valence-electron chi connectivity index (χ0n) is 17.2. The largest absolute Gasteiger partial charge is 0.354 e. The summed E-state index contributed by atoms with van der Waals surface area (Å²) in [6.45, 7) is 8.94. The lowest BCUT2D eigenvalue weighted by atomic mass is 10.1. The van der Waals surface area contributed by atoms with Gasteiger partial charge in [-0.2, -0.15) is 0 Å². The zero-order valence-corrected chi connectivity index (χ0v) is 18.0. The number of carbonyl (C=O) groups is 2. The average molecular weight is 399 g/mol. The van der Waals surface area contributed by atoms with E-state index >= 15 is 0 Å². The molecule has 0 saturated carbocycles. The lowest BCUT2D eigenvalue weighted by Crippen LogP contribution is -2.48. The second-order valence-corrected chi connectivity index (χ2v) is 8.07. The third kappa shape index (κ3) is 6.41. The maximum absolute atomic E-state index is 13.0. The van der Waals surface area contributed by atoms with Crippen molar-refractivity contribution in [3.8, 4) is 0 Å². The maximum Gasteiger partial charge on any atom is 0.242 e. The Kier molecular flexibility index (Phi) is 8.58. The number of nitrogens with one attached hydrogen (secondary N) is 1. The van der Waals surface area contributed by atoms with E-state index in [1.807, 2.05) is 69.3 Å². The van der Waals surface area contributed by atoms with Gasteiger partial charge in [0.15, 0.2) is 0 Å². The smallest absolute Gasteiger partial charge is 0.242 e. The van der Waals surface area contributed by atoms with E-state index in [4.69, 9.17) is 0 Å². The first-order chi connectivity index (χ1) is 13.4. The standard InChI is InChI=1S/C23H30N2O2S/c1-5-14-24-23(27)19(4)25(15-20-9-7-6-8-18(20)3)22(26)16-28-21-12-10-17(2)11-13-21/h6-13,19H,5,14-16H2,1-4H3,(H,24,27). The number of benzene rings is 2. The number of aryl methyl sites for hydroxylation is 2. The number of rotatable bonds is 9. The van der Waals surface area contributed by atoms with Gasteiger partial charge in [0.1, 0.15) is 6.04 Å². The molecular weight excluding hydrogens is 368 g/mol. The van der Waals surface area contributed by atoms with Crippen molar-refractivity contribution >= 4 is 23.6 Å². The maximum atomic E-state index is 13.0. The van der Waals surface area contributed by atoms with Gasteiger partial charge >= 0.3 is 0 Å². The summed E-state index contributed by atoms with van der Waals surface area (Å²) in [5.41, 5.74) is 3.37. The van der Waals surface area contributed by atoms with Crippen LogP contribution in [0.25, 0.3) is 0 Å². The van der Waals surface area contributed by atoms with Crippen molar-refractivity contribution in [2.45, 2.75) is 51.6 Å². The number of hydrogen-bond donors (Lipinski definition) is 1. The van der Waals surface area contributed by atoms with Gasteiger partial charge in [-0.3, -0.25) is 9.59 Å². The minimum absolute atomic E-state index is 0.0343. The molecule has 0 aliphatic carbocycles. The fourth-order valence-corrected chi connectivity index (χ4v) is 3.60. The number of thioether (sulfide) groups is 1. The Morgan fingerprint density at radius 2 is 1.75 bits per heavy atom. The molecule has 1 unspecified atom stereocenters. The fraction of sp³-hybridized carbons (Fsp3) is 0.391. The molecule has 0 bridgehead atoms. The summed E-state index contributed by atoms with van der Waals surface area (Å²) in [5, 5.41) is 2.91. The van der Waals surface area contributed by atoms with Crippen molar-refractivity contribution in [1.82, 2.24) is 10.2 Å². The highest BCUT2D eigenvalue weighted by Gasteiger charge is 2.26. The summed E-state index contributed by atoms with van der Waals surface area (Å²) in [7, 11) is 0. The van der Waals surface area contributed by atoms with E-state index in [2.05, 4.69) is 5.32 Å². The molecule has 0 fully saturated rings. The molecule has 0 heterocycles. The van der Waals surface area contributed by atoms with E-state index in [1.54, 1.807) is 11.8 Å². The molecule has 0 aliphatic rings. The highest BCUT2D eigenvalue weighted by atomic mass is 32.2. The van der Waals surface area contributed by atoms with Gasteiger partial charge in [-0.05, 0) is 50.5 Å².